The number of hydrogen-bond acceptors (Lipinski definition) is 3. The zero-order valence-corrected chi connectivity index (χ0v) is 21.5. The number of aliphatic hydroxyl groups excluding tert-OH is 1. The summed E-state index contributed by atoms with van der Waals surface area (Å²) in [6.07, 6.45) is -0.128. The third-order valence-electron chi connectivity index (χ3n) is 6.04. The Morgan fingerprint density at radius 3 is 1.63 bits per heavy atom. The Labute approximate surface area is 215 Å². The Hall–Kier alpha value is -2.79. The molecule has 4 nitrogen and oxygen atoms in total. The average Bonchev–Trinajstić information content (AvgIpc) is 3.19. The van der Waals surface area contributed by atoms with Gasteiger partial charge in [-0.2, -0.15) is 0 Å². The number of halogens is 1. The van der Waals surface area contributed by atoms with Crippen LogP contribution in [0.2, 0.25) is 0 Å². The van der Waals surface area contributed by atoms with Crippen molar-refractivity contribution < 1.29 is 23.0 Å². The van der Waals surface area contributed by atoms with E-state index in [0.717, 1.165) is 10.2 Å². The Morgan fingerprint density at radius 1 is 0.714 bits per heavy atom. The first-order valence-corrected chi connectivity index (χ1v) is 13.8. The van der Waals surface area contributed by atoms with Crippen LogP contribution in [0.1, 0.15) is 0 Å². The second-order valence-corrected chi connectivity index (χ2v) is 12.6. The van der Waals surface area contributed by atoms with Crippen LogP contribution >= 0.6 is 18.6 Å². The lowest BCUT2D eigenvalue weighted by molar-refractivity contribution is -0.00000972. The van der Waals surface area contributed by atoms with Crippen molar-refractivity contribution in [3.63, 3.8) is 0 Å². The Kier molecular flexibility index (Phi) is 9.01. The average molecular weight is 524 g/mol. The second kappa shape index (κ2) is 11.8. The second-order valence-electron chi connectivity index (χ2n) is 8.10. The van der Waals surface area contributed by atoms with Crippen molar-refractivity contribution in [3.05, 3.63) is 125 Å². The number of para-hydroxylation sites is 1. The van der Waals surface area contributed by atoms with Gasteiger partial charge in [0.1, 0.15) is 35.4 Å². The van der Waals surface area contributed by atoms with Gasteiger partial charge in [0.25, 0.3) is 0 Å². The Bertz CT molecular complexity index is 1310. The largest absolute Gasteiger partial charge is 1.00 e. The molecule has 0 bridgehead atoms. The van der Waals surface area contributed by atoms with E-state index in [9.17, 15) is 9.90 Å². The smallest absolute Gasteiger partial charge is 0.308 e. The van der Waals surface area contributed by atoms with Gasteiger partial charge in [-0.1, -0.05) is 78.1 Å². The van der Waals surface area contributed by atoms with Gasteiger partial charge in [-0.25, -0.2) is 0 Å². The van der Waals surface area contributed by atoms with E-state index in [-0.39, 0.29) is 29.3 Å². The quantitative estimate of drug-likeness (QED) is 0.317. The lowest BCUT2D eigenvalue weighted by atomic mass is 10.3. The van der Waals surface area contributed by atoms with Crippen LogP contribution in [0.15, 0.2) is 120 Å². The van der Waals surface area contributed by atoms with Crippen molar-refractivity contribution in [2.45, 2.75) is 12.6 Å². The van der Waals surface area contributed by atoms with Crippen molar-refractivity contribution in [2.75, 3.05) is 6.16 Å². The molecular formula is C28H27ClNO3PS. The molecule has 5 rings (SSSR count). The number of aliphatic hydroxyl groups is 1. The molecule has 0 saturated heterocycles. The van der Waals surface area contributed by atoms with Crippen LogP contribution in [0.3, 0.4) is 0 Å². The fraction of sp³-hybridized carbons (Fsp3) is 0.107. The summed E-state index contributed by atoms with van der Waals surface area (Å²) in [5, 5.41) is 15.2. The van der Waals surface area contributed by atoms with E-state index in [4.69, 9.17) is 0 Å². The minimum atomic E-state index is -2.17. The molecule has 7 heteroatoms. The number of benzene rings is 4. The summed E-state index contributed by atoms with van der Waals surface area (Å²) >= 11 is 1.23. The number of nitrogens with zero attached hydrogens (tertiary/aromatic N) is 1. The Balaban J connectivity index is 0.00000171. The highest BCUT2D eigenvalue weighted by Crippen LogP contribution is 2.55. The summed E-state index contributed by atoms with van der Waals surface area (Å²) in [6.45, 7) is 0.275. The molecule has 0 fully saturated rings. The molecule has 1 atom stereocenters. The van der Waals surface area contributed by atoms with Gasteiger partial charge in [0.15, 0.2) is 0 Å². The summed E-state index contributed by atoms with van der Waals surface area (Å²) in [4.78, 5) is 12.7. The molecule has 3 N–H and O–H groups in total. The number of rotatable bonds is 7. The highest BCUT2D eigenvalue weighted by molar-refractivity contribution is 7.95. The molecule has 4 aromatic carbocycles. The fourth-order valence-electron chi connectivity index (χ4n) is 4.58. The van der Waals surface area contributed by atoms with Crippen molar-refractivity contribution in [2.24, 2.45) is 0 Å². The summed E-state index contributed by atoms with van der Waals surface area (Å²) in [6, 6.07) is 39.3. The number of fused-ring (bicyclic) bond motifs is 1. The molecule has 0 spiro atoms. The van der Waals surface area contributed by atoms with Gasteiger partial charge in [-0.15, -0.1) is 0 Å². The van der Waals surface area contributed by atoms with E-state index in [1.54, 1.807) is 4.57 Å². The molecule has 1 heterocycles. The van der Waals surface area contributed by atoms with Crippen LogP contribution < -0.4 is 33.2 Å². The van der Waals surface area contributed by atoms with Gasteiger partial charge in [0.05, 0.1) is 16.8 Å². The maximum absolute atomic E-state index is 12.7. The van der Waals surface area contributed by atoms with Crippen molar-refractivity contribution in [1.29, 1.82) is 0 Å². The van der Waals surface area contributed by atoms with Gasteiger partial charge in [0, 0.05) is 0 Å². The minimum absolute atomic E-state index is 0. The molecule has 0 aliphatic carbocycles. The first-order valence-electron chi connectivity index (χ1n) is 11.0. The summed E-state index contributed by atoms with van der Waals surface area (Å²) in [5.74, 6) is 0. The lowest BCUT2D eigenvalue weighted by Crippen LogP contribution is -3.00. The topological polar surface area (TPSA) is 73.7 Å². The van der Waals surface area contributed by atoms with Crippen LogP contribution in [0.4, 0.5) is 0 Å². The molecule has 0 aliphatic rings. The van der Waals surface area contributed by atoms with E-state index in [1.807, 2.05) is 42.5 Å². The van der Waals surface area contributed by atoms with E-state index >= 15 is 0 Å². The monoisotopic (exact) mass is 523 g/mol. The lowest BCUT2D eigenvalue weighted by Gasteiger charge is -2.29. The SMILES string of the molecule is O.O=c1sc2ccccc2n1CC(O)C[P+](c1ccccc1)(c1ccccc1)c1ccccc1.[Cl-]. The standard InChI is InChI=1S/C28H25NO2PS.ClH.H2O/c30-22(20-29-26-18-10-11-19-27(26)33-28(29)31)21-32(23-12-4-1-5-13-23,24-14-6-2-7-15-24)25-16-8-3-9-17-25;;/h1-19,22,30H,20-21H2;1H;1H2/q+1;;/p-1. The van der Waals surface area contributed by atoms with E-state index < -0.39 is 13.4 Å². The molecule has 0 aliphatic heterocycles. The number of hydrogen-bond donors (Lipinski definition) is 1. The van der Waals surface area contributed by atoms with Gasteiger partial charge < -0.3 is 23.0 Å². The van der Waals surface area contributed by atoms with E-state index in [1.165, 1.54) is 27.3 Å². The van der Waals surface area contributed by atoms with Crippen LogP contribution in [0.5, 0.6) is 0 Å². The molecule has 0 saturated carbocycles. The predicted molar refractivity (Wildman–Crippen MR) is 146 cm³/mol. The van der Waals surface area contributed by atoms with Crippen LogP contribution in [-0.4, -0.2) is 27.4 Å². The van der Waals surface area contributed by atoms with Crippen LogP contribution in [-0.2, 0) is 6.54 Å². The third kappa shape index (κ3) is 5.25. The van der Waals surface area contributed by atoms with E-state index in [2.05, 4.69) is 72.8 Å². The molecule has 0 radical (unpaired) electrons. The molecule has 0 amide bonds. The first kappa shape index (κ1) is 26.8. The molecule has 35 heavy (non-hydrogen) atoms. The van der Waals surface area contributed by atoms with Crippen molar-refractivity contribution >= 4 is 44.7 Å². The molecule has 5 aromatic rings. The van der Waals surface area contributed by atoms with Gasteiger partial charge >= 0.3 is 4.87 Å². The van der Waals surface area contributed by atoms with Gasteiger partial charge in [-0.05, 0) is 48.5 Å². The normalized spacial score (nSPS) is 11.9. The maximum atomic E-state index is 12.7. The zero-order valence-electron chi connectivity index (χ0n) is 19.0. The highest BCUT2D eigenvalue weighted by Gasteiger charge is 2.46. The summed E-state index contributed by atoms with van der Waals surface area (Å²) in [7, 11) is -2.17. The minimum Gasteiger partial charge on any atom is -1.00 e. The molecular weight excluding hydrogens is 497 g/mol. The Morgan fingerprint density at radius 2 is 1.14 bits per heavy atom. The highest BCUT2D eigenvalue weighted by atomic mass is 35.5. The molecule has 1 aromatic heterocycles. The number of aromatic nitrogens is 1. The molecule has 180 valence electrons. The summed E-state index contributed by atoms with van der Waals surface area (Å²) < 4.78 is 2.67. The van der Waals surface area contributed by atoms with E-state index in [0.29, 0.717) is 6.16 Å². The fourth-order valence-corrected chi connectivity index (χ4v) is 9.80. The van der Waals surface area contributed by atoms with Gasteiger partial charge in [-0.3, -0.25) is 9.36 Å². The predicted octanol–water partition coefficient (Wildman–Crippen LogP) is 0.597. The maximum Gasteiger partial charge on any atom is 0.308 e. The van der Waals surface area contributed by atoms with Gasteiger partial charge in [0.2, 0.25) is 0 Å². The van der Waals surface area contributed by atoms with Crippen LogP contribution in [0.25, 0.3) is 10.2 Å². The van der Waals surface area contributed by atoms with Crippen molar-refractivity contribution in [1.82, 2.24) is 4.57 Å². The first-order chi connectivity index (χ1) is 16.2. The summed E-state index contributed by atoms with van der Waals surface area (Å²) in [5.41, 5.74) is 0.884. The van der Waals surface area contributed by atoms with Crippen molar-refractivity contribution in [3.8, 4) is 0 Å². The molecule has 1 unspecified atom stereocenters. The van der Waals surface area contributed by atoms with Crippen LogP contribution in [0, 0.1) is 0 Å². The zero-order chi connectivity index (χ0) is 22.7. The third-order valence-corrected chi connectivity index (χ3v) is 11.5. The number of thiazole rings is 1.